The molecule has 1 amide bonds. The molecule has 32 heavy (non-hydrogen) atoms. The van der Waals surface area contributed by atoms with Crippen molar-refractivity contribution in [2.45, 2.75) is 32.4 Å². The zero-order valence-electron chi connectivity index (χ0n) is 17.4. The van der Waals surface area contributed by atoms with Crippen LogP contribution in [0.2, 0.25) is 0 Å². The Kier molecular flexibility index (Phi) is 4.32. The monoisotopic (exact) mass is 453 g/mol. The minimum Gasteiger partial charge on any atom is -0.497 e. The molecule has 2 aliphatic rings. The summed E-state index contributed by atoms with van der Waals surface area (Å²) in [5.74, 6) is 0.372. The van der Waals surface area contributed by atoms with Gasteiger partial charge in [-0.25, -0.2) is 14.2 Å². The molecule has 6 rings (SSSR count). The summed E-state index contributed by atoms with van der Waals surface area (Å²) >= 11 is 1.49. The molecule has 0 bridgehead atoms. The van der Waals surface area contributed by atoms with E-state index in [1.54, 1.807) is 16.7 Å². The highest BCUT2D eigenvalue weighted by Crippen LogP contribution is 2.39. The van der Waals surface area contributed by atoms with Gasteiger partial charge in [-0.1, -0.05) is 6.07 Å². The van der Waals surface area contributed by atoms with Crippen molar-refractivity contribution in [1.29, 1.82) is 0 Å². The maximum atomic E-state index is 14.7. The van der Waals surface area contributed by atoms with E-state index in [4.69, 9.17) is 4.74 Å². The number of thiophene rings is 1. The molecule has 1 aliphatic carbocycles. The molecule has 0 N–H and O–H groups in total. The largest absolute Gasteiger partial charge is 0.497 e. The second-order valence-electron chi connectivity index (χ2n) is 8.29. The zero-order valence-corrected chi connectivity index (χ0v) is 18.2. The third-order valence-corrected chi connectivity index (χ3v) is 7.53. The van der Waals surface area contributed by atoms with Crippen LogP contribution in [0.5, 0.6) is 5.75 Å². The minimum absolute atomic E-state index is 0.0606. The highest BCUT2D eigenvalue weighted by molar-refractivity contribution is 7.19. The molecule has 0 saturated heterocycles. The summed E-state index contributed by atoms with van der Waals surface area (Å²) in [7, 11) is 1.48. The number of hydrogen-bond acceptors (Lipinski definition) is 6. The van der Waals surface area contributed by atoms with Crippen molar-refractivity contribution in [3.8, 4) is 5.75 Å². The standard InChI is InChI=1S/C22H20FN5O3S/c1-31-14-5-4-13(16(23)8-14)9-27-21-18(19-24-11-25-28(19)22(27)30)15-6-7-26(10-17(15)32-21)20(29)12-2-3-12/h4-5,8,11-12H,2-3,6-7,9-10H2,1H3. The number of nitrogens with zero attached hydrogens (tertiary/aromatic N) is 5. The second-order valence-corrected chi connectivity index (χ2v) is 9.37. The van der Waals surface area contributed by atoms with Gasteiger partial charge < -0.3 is 9.64 Å². The normalized spacial score (nSPS) is 16.0. The van der Waals surface area contributed by atoms with Gasteiger partial charge >= 0.3 is 5.69 Å². The fraction of sp³-hybridized carbons (Fsp3) is 0.364. The van der Waals surface area contributed by atoms with Crippen LogP contribution in [0.25, 0.3) is 15.9 Å². The Morgan fingerprint density at radius 3 is 2.94 bits per heavy atom. The topological polar surface area (TPSA) is 81.7 Å². The van der Waals surface area contributed by atoms with E-state index in [9.17, 15) is 14.0 Å². The van der Waals surface area contributed by atoms with Gasteiger partial charge in [0, 0.05) is 29.0 Å². The summed E-state index contributed by atoms with van der Waals surface area (Å²) in [5.41, 5.74) is 1.62. The fourth-order valence-corrected chi connectivity index (χ4v) is 5.78. The van der Waals surface area contributed by atoms with Crippen LogP contribution in [0.1, 0.15) is 28.8 Å². The SMILES string of the molecule is COc1ccc(Cn2c(=O)n3ncnc3c3c4c(sc32)CN(C(=O)C2CC2)CC4)c(F)c1. The van der Waals surface area contributed by atoms with Gasteiger partial charge in [-0.15, -0.1) is 11.3 Å². The van der Waals surface area contributed by atoms with Crippen LogP contribution >= 0.6 is 11.3 Å². The molecule has 1 saturated carbocycles. The summed E-state index contributed by atoms with van der Waals surface area (Å²) in [5, 5.41) is 4.99. The number of benzene rings is 1. The van der Waals surface area contributed by atoms with Crippen molar-refractivity contribution < 1.29 is 13.9 Å². The lowest BCUT2D eigenvalue weighted by molar-refractivity contribution is -0.133. The van der Waals surface area contributed by atoms with Crippen molar-refractivity contribution in [1.82, 2.24) is 24.1 Å². The van der Waals surface area contributed by atoms with Gasteiger partial charge in [-0.3, -0.25) is 9.36 Å². The number of ether oxygens (including phenoxy) is 1. The average molecular weight is 453 g/mol. The quantitative estimate of drug-likeness (QED) is 0.475. The lowest BCUT2D eigenvalue weighted by atomic mass is 10.0. The minimum atomic E-state index is -0.439. The van der Waals surface area contributed by atoms with Crippen LogP contribution in [0.4, 0.5) is 4.39 Å². The van der Waals surface area contributed by atoms with E-state index in [-0.39, 0.29) is 24.1 Å². The van der Waals surface area contributed by atoms with Crippen molar-refractivity contribution in [3.05, 3.63) is 56.8 Å². The Morgan fingerprint density at radius 2 is 2.19 bits per heavy atom. The maximum Gasteiger partial charge on any atom is 0.352 e. The van der Waals surface area contributed by atoms with Gasteiger partial charge in [0.1, 0.15) is 22.7 Å². The Morgan fingerprint density at radius 1 is 1.34 bits per heavy atom. The first kappa shape index (κ1) is 19.4. The second kappa shape index (κ2) is 7.13. The summed E-state index contributed by atoms with van der Waals surface area (Å²) in [6.45, 7) is 1.25. The number of amides is 1. The Balaban J connectivity index is 1.50. The molecule has 1 aromatic carbocycles. The van der Waals surface area contributed by atoms with Gasteiger partial charge in [0.2, 0.25) is 5.91 Å². The molecule has 1 fully saturated rings. The van der Waals surface area contributed by atoms with Crippen LogP contribution in [0.3, 0.4) is 0 Å². The molecule has 0 unspecified atom stereocenters. The lowest BCUT2D eigenvalue weighted by Gasteiger charge is -2.27. The van der Waals surface area contributed by atoms with Gasteiger partial charge in [-0.2, -0.15) is 9.61 Å². The summed E-state index contributed by atoms with van der Waals surface area (Å²) in [6, 6.07) is 4.61. The number of hydrogen-bond donors (Lipinski definition) is 0. The van der Waals surface area contributed by atoms with Crippen molar-refractivity contribution >= 4 is 33.1 Å². The lowest BCUT2D eigenvalue weighted by Crippen LogP contribution is -2.36. The molecule has 8 nitrogen and oxygen atoms in total. The van der Waals surface area contributed by atoms with Gasteiger partial charge in [0.15, 0.2) is 5.65 Å². The highest BCUT2D eigenvalue weighted by Gasteiger charge is 2.36. The predicted molar refractivity (Wildman–Crippen MR) is 117 cm³/mol. The molecular formula is C22H20FN5O3S. The first-order valence-electron chi connectivity index (χ1n) is 10.5. The van der Waals surface area contributed by atoms with E-state index in [1.165, 1.54) is 35.4 Å². The van der Waals surface area contributed by atoms with Gasteiger partial charge in [0.05, 0.1) is 25.6 Å². The number of halogens is 1. The van der Waals surface area contributed by atoms with Gasteiger partial charge in [-0.05, 0) is 30.9 Å². The molecule has 1 aliphatic heterocycles. The molecule has 0 atom stereocenters. The van der Waals surface area contributed by atoms with E-state index in [0.29, 0.717) is 36.5 Å². The molecule has 4 aromatic rings. The predicted octanol–water partition coefficient (Wildman–Crippen LogP) is 2.60. The smallest absolute Gasteiger partial charge is 0.352 e. The number of rotatable bonds is 4. The van der Waals surface area contributed by atoms with Crippen molar-refractivity contribution in [2.75, 3.05) is 13.7 Å². The number of aromatic nitrogens is 4. The number of fused-ring (bicyclic) bond motifs is 5. The van der Waals surface area contributed by atoms with E-state index in [1.807, 2.05) is 4.90 Å². The number of carbonyl (C=O) groups is 1. The maximum absolute atomic E-state index is 14.7. The Bertz CT molecular complexity index is 1450. The summed E-state index contributed by atoms with van der Waals surface area (Å²) in [4.78, 5) is 33.9. The Labute approximate surface area is 185 Å². The fourth-order valence-electron chi connectivity index (χ4n) is 4.43. The summed E-state index contributed by atoms with van der Waals surface area (Å²) in [6.07, 6.45) is 4.01. The first-order chi connectivity index (χ1) is 15.5. The molecule has 164 valence electrons. The van der Waals surface area contributed by atoms with Crippen molar-refractivity contribution in [2.24, 2.45) is 5.92 Å². The van der Waals surface area contributed by atoms with Crippen molar-refractivity contribution in [3.63, 3.8) is 0 Å². The van der Waals surface area contributed by atoms with E-state index in [2.05, 4.69) is 10.1 Å². The van der Waals surface area contributed by atoms with Crippen LogP contribution < -0.4 is 10.4 Å². The summed E-state index contributed by atoms with van der Waals surface area (Å²) < 4.78 is 22.6. The zero-order chi connectivity index (χ0) is 22.0. The van der Waals surface area contributed by atoms with Crippen LogP contribution in [-0.4, -0.2) is 43.6 Å². The van der Waals surface area contributed by atoms with E-state index in [0.717, 1.165) is 33.5 Å². The average Bonchev–Trinajstić information content (AvgIpc) is 3.41. The molecule has 0 radical (unpaired) electrons. The number of carbonyl (C=O) groups excluding carboxylic acids is 1. The molecule has 10 heteroatoms. The van der Waals surface area contributed by atoms with Crippen LogP contribution in [-0.2, 0) is 24.3 Å². The van der Waals surface area contributed by atoms with E-state index < -0.39 is 5.82 Å². The third-order valence-electron chi connectivity index (χ3n) is 6.29. The van der Waals surface area contributed by atoms with Gasteiger partial charge in [0.25, 0.3) is 0 Å². The third kappa shape index (κ3) is 2.93. The Hall–Kier alpha value is -3.27. The molecule has 4 heterocycles. The first-order valence-corrected chi connectivity index (χ1v) is 11.3. The van der Waals surface area contributed by atoms with Crippen LogP contribution in [0, 0.1) is 11.7 Å². The van der Waals surface area contributed by atoms with E-state index >= 15 is 0 Å². The molecule has 3 aromatic heterocycles. The molecular weight excluding hydrogens is 433 g/mol. The number of methoxy groups -OCH3 is 1. The van der Waals surface area contributed by atoms with Crippen LogP contribution in [0.15, 0.2) is 29.3 Å². The highest BCUT2D eigenvalue weighted by atomic mass is 32.1. The molecule has 0 spiro atoms.